The topological polar surface area (TPSA) is 49.7 Å². The lowest BCUT2D eigenvalue weighted by molar-refractivity contribution is 0.0422. The molecule has 2 N–H and O–H groups in total. The van der Waals surface area contributed by atoms with Gasteiger partial charge in [0.2, 0.25) is 0 Å². The van der Waals surface area contributed by atoms with Crippen LogP contribution in [0.5, 0.6) is 0 Å². The molecule has 0 amide bonds. The molecule has 9 heavy (non-hydrogen) atoms. The highest BCUT2D eigenvalue weighted by atomic mass is 16.5. The maximum atomic E-state index is 9.06. The average molecular weight is 132 g/mol. The summed E-state index contributed by atoms with van der Waals surface area (Å²) in [6, 6.07) is 0. The van der Waals surface area contributed by atoms with Crippen LogP contribution in [0, 0.1) is 5.92 Å². The van der Waals surface area contributed by atoms with Gasteiger partial charge < -0.3 is 14.9 Å². The van der Waals surface area contributed by atoms with Crippen molar-refractivity contribution in [3.05, 3.63) is 0 Å². The van der Waals surface area contributed by atoms with Crippen LogP contribution in [0.3, 0.4) is 0 Å². The van der Waals surface area contributed by atoms with Crippen molar-refractivity contribution in [1.29, 1.82) is 0 Å². The van der Waals surface area contributed by atoms with E-state index in [9.17, 15) is 0 Å². The van der Waals surface area contributed by atoms with Gasteiger partial charge >= 0.3 is 0 Å². The van der Waals surface area contributed by atoms with Crippen molar-refractivity contribution in [1.82, 2.24) is 0 Å². The van der Waals surface area contributed by atoms with Gasteiger partial charge in [-0.05, 0) is 0 Å². The van der Waals surface area contributed by atoms with Crippen molar-refractivity contribution in [2.75, 3.05) is 13.2 Å². The number of rotatable bonds is 1. The molecule has 3 nitrogen and oxygen atoms in total. The summed E-state index contributed by atoms with van der Waals surface area (Å²) in [6.45, 7) is 2.25. The van der Waals surface area contributed by atoms with Crippen LogP contribution in [0.4, 0.5) is 0 Å². The maximum Gasteiger partial charge on any atom is 0.0857 e. The van der Waals surface area contributed by atoms with E-state index in [0.29, 0.717) is 6.61 Å². The summed E-state index contributed by atoms with van der Waals surface area (Å²) in [6.07, 6.45) is -0.540. The molecule has 1 fully saturated rings. The molecular weight excluding hydrogens is 120 g/mol. The minimum Gasteiger partial charge on any atom is -0.394 e. The lowest BCUT2D eigenvalue weighted by Gasteiger charge is -2.11. The first-order valence-corrected chi connectivity index (χ1v) is 3.16. The zero-order chi connectivity index (χ0) is 6.85. The third-order valence-corrected chi connectivity index (χ3v) is 1.85. The number of hydrogen-bond acceptors (Lipinski definition) is 3. The number of ether oxygens (including phenoxy) is 1. The Kier molecular flexibility index (Phi) is 2.05. The van der Waals surface area contributed by atoms with Gasteiger partial charge in [0.15, 0.2) is 0 Å². The Morgan fingerprint density at radius 2 is 2.33 bits per heavy atom. The van der Waals surface area contributed by atoms with Crippen LogP contribution < -0.4 is 0 Å². The lowest BCUT2D eigenvalue weighted by atomic mass is 10.0. The Morgan fingerprint density at radius 1 is 1.67 bits per heavy atom. The molecule has 1 unspecified atom stereocenters. The van der Waals surface area contributed by atoms with E-state index in [1.165, 1.54) is 0 Å². The smallest absolute Gasteiger partial charge is 0.0857 e. The fourth-order valence-electron chi connectivity index (χ4n) is 0.992. The van der Waals surface area contributed by atoms with E-state index in [1.807, 2.05) is 6.92 Å². The van der Waals surface area contributed by atoms with Crippen LogP contribution in [0.2, 0.25) is 0 Å². The van der Waals surface area contributed by atoms with Crippen LogP contribution in [-0.4, -0.2) is 35.6 Å². The zero-order valence-corrected chi connectivity index (χ0v) is 5.45. The average Bonchev–Trinajstić information content (AvgIpc) is 2.15. The van der Waals surface area contributed by atoms with Crippen molar-refractivity contribution in [2.45, 2.75) is 19.1 Å². The molecule has 0 aromatic heterocycles. The third-order valence-electron chi connectivity index (χ3n) is 1.85. The third kappa shape index (κ3) is 1.23. The van der Waals surface area contributed by atoms with Crippen molar-refractivity contribution in [3.8, 4) is 0 Å². The van der Waals surface area contributed by atoms with Gasteiger partial charge in [0.05, 0.1) is 25.4 Å². The fourth-order valence-corrected chi connectivity index (χ4v) is 0.992. The first-order valence-electron chi connectivity index (χ1n) is 3.16. The maximum absolute atomic E-state index is 9.06. The molecule has 1 heterocycles. The molecular formula is C6H12O3. The van der Waals surface area contributed by atoms with Crippen LogP contribution in [-0.2, 0) is 4.74 Å². The monoisotopic (exact) mass is 132 g/mol. The molecule has 3 heteroatoms. The molecule has 3 atom stereocenters. The predicted octanol–water partition coefficient (Wildman–Crippen LogP) is -0.626. The molecule has 54 valence electrons. The molecule has 0 aromatic carbocycles. The van der Waals surface area contributed by atoms with Crippen molar-refractivity contribution < 1.29 is 14.9 Å². The summed E-state index contributed by atoms with van der Waals surface area (Å²) in [5, 5.41) is 17.7. The largest absolute Gasteiger partial charge is 0.394 e. The molecule has 1 saturated heterocycles. The van der Waals surface area contributed by atoms with Gasteiger partial charge in [-0.15, -0.1) is 0 Å². The fraction of sp³-hybridized carbons (Fsp3) is 1.00. The van der Waals surface area contributed by atoms with Crippen molar-refractivity contribution in [2.24, 2.45) is 5.92 Å². The van der Waals surface area contributed by atoms with Gasteiger partial charge in [-0.3, -0.25) is 0 Å². The summed E-state index contributed by atoms with van der Waals surface area (Å²) in [5.41, 5.74) is 0. The highest BCUT2D eigenvalue weighted by Gasteiger charge is 2.31. The molecule has 0 spiro atoms. The molecule has 1 aliphatic heterocycles. The predicted molar refractivity (Wildman–Crippen MR) is 32.0 cm³/mol. The van der Waals surface area contributed by atoms with Gasteiger partial charge in [-0.25, -0.2) is 0 Å². The minimum absolute atomic E-state index is 0.0121. The Balaban J connectivity index is 2.41. The second kappa shape index (κ2) is 2.64. The lowest BCUT2D eigenvalue weighted by Crippen LogP contribution is -2.23. The highest BCUT2D eigenvalue weighted by Crippen LogP contribution is 2.19. The molecule has 0 saturated carbocycles. The van der Waals surface area contributed by atoms with Crippen molar-refractivity contribution in [3.63, 3.8) is 0 Å². The van der Waals surface area contributed by atoms with Crippen LogP contribution in [0.15, 0.2) is 0 Å². The Labute approximate surface area is 54.3 Å². The van der Waals surface area contributed by atoms with E-state index in [4.69, 9.17) is 14.9 Å². The van der Waals surface area contributed by atoms with Crippen LogP contribution >= 0.6 is 0 Å². The SMILES string of the molecule is C[C@H]1C(CO)OC[C@H]1O. The summed E-state index contributed by atoms with van der Waals surface area (Å²) in [7, 11) is 0. The summed E-state index contributed by atoms with van der Waals surface area (Å²) >= 11 is 0. The van der Waals surface area contributed by atoms with E-state index < -0.39 is 0 Å². The zero-order valence-electron chi connectivity index (χ0n) is 5.45. The normalized spacial score (nSPS) is 43.7. The number of aliphatic hydroxyl groups is 2. The van der Waals surface area contributed by atoms with Gasteiger partial charge in [0, 0.05) is 5.92 Å². The standard InChI is InChI=1S/C6H12O3/c1-4-5(8)3-9-6(4)2-7/h4-8H,2-3H2,1H3/t4-,5-,6?/m1/s1. The quantitative estimate of drug-likeness (QED) is 0.499. The van der Waals surface area contributed by atoms with Crippen LogP contribution in [0.25, 0.3) is 0 Å². The Morgan fingerprint density at radius 3 is 2.56 bits per heavy atom. The molecule has 1 rings (SSSR count). The summed E-state index contributed by atoms with van der Waals surface area (Å²) in [4.78, 5) is 0. The van der Waals surface area contributed by atoms with E-state index in [2.05, 4.69) is 0 Å². The van der Waals surface area contributed by atoms with Gasteiger partial charge in [0.1, 0.15) is 0 Å². The van der Waals surface area contributed by atoms with Crippen LogP contribution in [0.1, 0.15) is 6.92 Å². The Bertz CT molecular complexity index is 94.3. The molecule has 0 aromatic rings. The summed E-state index contributed by atoms with van der Waals surface area (Å²) < 4.78 is 5.03. The molecule has 0 radical (unpaired) electrons. The first kappa shape index (κ1) is 6.99. The van der Waals surface area contributed by atoms with E-state index in [0.717, 1.165) is 0 Å². The molecule has 0 bridgehead atoms. The second-order valence-corrected chi connectivity index (χ2v) is 2.48. The van der Waals surface area contributed by atoms with Crippen molar-refractivity contribution >= 4 is 0 Å². The second-order valence-electron chi connectivity index (χ2n) is 2.48. The number of hydrogen-bond donors (Lipinski definition) is 2. The minimum atomic E-state index is -0.387. The molecule has 0 aliphatic carbocycles. The first-order chi connectivity index (χ1) is 4.25. The highest BCUT2D eigenvalue weighted by molar-refractivity contribution is 4.79. The van der Waals surface area contributed by atoms with E-state index >= 15 is 0 Å². The van der Waals surface area contributed by atoms with E-state index in [-0.39, 0.29) is 24.7 Å². The van der Waals surface area contributed by atoms with Gasteiger partial charge in [0.25, 0.3) is 0 Å². The Hall–Kier alpha value is -0.120. The van der Waals surface area contributed by atoms with Gasteiger partial charge in [-0.1, -0.05) is 6.92 Å². The number of aliphatic hydroxyl groups excluding tert-OH is 2. The summed E-state index contributed by atoms with van der Waals surface area (Å²) in [5.74, 6) is 0.0787. The van der Waals surface area contributed by atoms with Gasteiger partial charge in [-0.2, -0.15) is 0 Å². The molecule has 1 aliphatic rings. The van der Waals surface area contributed by atoms with E-state index in [1.54, 1.807) is 0 Å².